The Hall–Kier alpha value is -4.06. The summed E-state index contributed by atoms with van der Waals surface area (Å²) in [5.41, 5.74) is 1.47. The molecule has 13 heteroatoms. The fourth-order valence-electron chi connectivity index (χ4n) is 3.52. The number of nitrogens with zero attached hydrogens (tertiary/aromatic N) is 2. The number of nitro benzene ring substituents is 1. The summed E-state index contributed by atoms with van der Waals surface area (Å²) < 4.78 is 11.2. The van der Waals surface area contributed by atoms with Crippen molar-refractivity contribution < 1.29 is 28.8 Å². The molecule has 0 bridgehead atoms. The van der Waals surface area contributed by atoms with E-state index in [1.54, 1.807) is 42.5 Å². The molecule has 0 saturated carbocycles. The first kappa shape index (κ1) is 28.0. The number of rotatable bonds is 9. The Labute approximate surface area is 236 Å². The largest absolute Gasteiger partial charge is 0.493 e. The smallest absolute Gasteiger partial charge is 0.294 e. The van der Waals surface area contributed by atoms with Gasteiger partial charge in [0.2, 0.25) is 5.91 Å². The Balaban J connectivity index is 1.46. The van der Waals surface area contributed by atoms with Gasteiger partial charge in [-0.05, 0) is 65.4 Å². The van der Waals surface area contributed by atoms with Crippen molar-refractivity contribution in [2.75, 3.05) is 19.0 Å². The number of carbonyl (C=O) groups excluding carboxylic acids is 3. The van der Waals surface area contributed by atoms with E-state index in [0.717, 1.165) is 4.90 Å². The SMILES string of the molecule is COc1cc(/C=C2/SC(=O)N(CC(=O)Nc3ccccc3Cl)C2=O)cc(Cl)c1OCc1ccc([N+](=O)[O-])cc1. The van der Waals surface area contributed by atoms with Crippen LogP contribution in [0.2, 0.25) is 10.0 Å². The van der Waals surface area contributed by atoms with Crippen molar-refractivity contribution in [1.29, 1.82) is 0 Å². The van der Waals surface area contributed by atoms with Gasteiger partial charge in [-0.1, -0.05) is 35.3 Å². The molecule has 0 radical (unpaired) electrons. The highest BCUT2D eigenvalue weighted by Gasteiger charge is 2.36. The first-order chi connectivity index (χ1) is 18.7. The first-order valence-electron chi connectivity index (χ1n) is 11.2. The second-order valence-corrected chi connectivity index (χ2v) is 9.85. The summed E-state index contributed by atoms with van der Waals surface area (Å²) in [7, 11) is 1.42. The van der Waals surface area contributed by atoms with Crippen LogP contribution in [0.15, 0.2) is 65.6 Å². The standard InChI is InChI=1S/C26H19Cl2N3O7S/c1-37-21-11-16(10-19(28)24(21)38-14-15-6-8-17(9-7-15)31(35)36)12-22-25(33)30(26(34)39-22)13-23(32)29-20-5-3-2-4-18(20)27/h2-12H,13-14H2,1H3,(H,29,32)/b22-12+. The summed E-state index contributed by atoms with van der Waals surface area (Å²) in [5, 5.41) is 13.3. The third kappa shape index (κ3) is 6.69. The van der Waals surface area contributed by atoms with Gasteiger partial charge in [0, 0.05) is 12.1 Å². The molecule has 3 aromatic carbocycles. The number of nitro groups is 1. The van der Waals surface area contributed by atoms with Crippen LogP contribution in [0.5, 0.6) is 11.5 Å². The average Bonchev–Trinajstić information content (AvgIpc) is 3.16. The lowest BCUT2D eigenvalue weighted by Gasteiger charge is -2.14. The van der Waals surface area contributed by atoms with Gasteiger partial charge in [0.25, 0.3) is 16.8 Å². The van der Waals surface area contributed by atoms with E-state index in [0.29, 0.717) is 33.6 Å². The van der Waals surface area contributed by atoms with Crippen molar-refractivity contribution in [3.63, 3.8) is 0 Å². The molecule has 39 heavy (non-hydrogen) atoms. The maximum absolute atomic E-state index is 12.9. The van der Waals surface area contributed by atoms with Crippen LogP contribution in [-0.4, -0.2) is 40.5 Å². The maximum atomic E-state index is 12.9. The molecule has 0 aliphatic carbocycles. The van der Waals surface area contributed by atoms with E-state index in [2.05, 4.69) is 5.32 Å². The minimum absolute atomic E-state index is 0.0376. The minimum Gasteiger partial charge on any atom is -0.493 e. The zero-order chi connectivity index (χ0) is 28.1. The van der Waals surface area contributed by atoms with E-state index in [-0.39, 0.29) is 33.7 Å². The number of ether oxygens (including phenoxy) is 2. The van der Waals surface area contributed by atoms with Crippen LogP contribution in [0.25, 0.3) is 6.08 Å². The molecule has 1 heterocycles. The second-order valence-electron chi connectivity index (χ2n) is 8.04. The van der Waals surface area contributed by atoms with Crippen molar-refractivity contribution in [2.24, 2.45) is 0 Å². The van der Waals surface area contributed by atoms with E-state index in [1.165, 1.54) is 31.4 Å². The summed E-state index contributed by atoms with van der Waals surface area (Å²) in [6.07, 6.45) is 1.46. The third-order valence-corrected chi connectivity index (χ3v) is 6.92. The normalized spacial score (nSPS) is 14.0. The fourth-order valence-corrected chi connectivity index (χ4v) is 4.81. The molecule has 3 amide bonds. The number of hydrogen-bond acceptors (Lipinski definition) is 8. The van der Waals surface area contributed by atoms with Crippen molar-refractivity contribution in [2.45, 2.75) is 6.61 Å². The monoisotopic (exact) mass is 587 g/mol. The van der Waals surface area contributed by atoms with Crippen LogP contribution >= 0.6 is 35.0 Å². The lowest BCUT2D eigenvalue weighted by atomic mass is 10.1. The minimum atomic E-state index is -0.632. The number of nitrogens with one attached hydrogen (secondary N) is 1. The molecular formula is C26H19Cl2N3O7S. The molecule has 1 aliphatic rings. The molecule has 1 saturated heterocycles. The van der Waals surface area contributed by atoms with Crippen LogP contribution in [0.3, 0.4) is 0 Å². The number of amides is 3. The molecule has 1 fully saturated rings. The molecule has 1 N–H and O–H groups in total. The highest BCUT2D eigenvalue weighted by Crippen LogP contribution is 2.39. The number of hydrogen-bond donors (Lipinski definition) is 1. The summed E-state index contributed by atoms with van der Waals surface area (Å²) in [6.45, 7) is -0.407. The quantitative estimate of drug-likeness (QED) is 0.179. The van der Waals surface area contributed by atoms with E-state index in [1.807, 2.05) is 0 Å². The highest BCUT2D eigenvalue weighted by atomic mass is 35.5. The van der Waals surface area contributed by atoms with Gasteiger partial charge in [-0.2, -0.15) is 0 Å². The molecule has 200 valence electrons. The number of carbonyl (C=O) groups is 3. The zero-order valence-corrected chi connectivity index (χ0v) is 22.5. The van der Waals surface area contributed by atoms with Crippen LogP contribution in [0, 0.1) is 10.1 Å². The summed E-state index contributed by atoms with van der Waals surface area (Å²) >= 11 is 13.2. The summed E-state index contributed by atoms with van der Waals surface area (Å²) in [4.78, 5) is 49.1. The van der Waals surface area contributed by atoms with E-state index in [4.69, 9.17) is 32.7 Å². The Kier molecular flexibility index (Phi) is 8.75. The lowest BCUT2D eigenvalue weighted by Crippen LogP contribution is -2.36. The number of benzene rings is 3. The Bertz CT molecular complexity index is 1500. The fraction of sp³-hybridized carbons (Fsp3) is 0.115. The number of halogens is 2. The second kappa shape index (κ2) is 12.2. The van der Waals surface area contributed by atoms with Crippen molar-refractivity contribution in [3.05, 3.63) is 96.9 Å². The number of anilines is 1. The molecule has 3 aromatic rings. The lowest BCUT2D eigenvalue weighted by molar-refractivity contribution is -0.384. The summed E-state index contributed by atoms with van der Waals surface area (Å²) in [6, 6.07) is 15.6. The number of non-ortho nitro benzene ring substituents is 1. The van der Waals surface area contributed by atoms with Gasteiger partial charge < -0.3 is 14.8 Å². The van der Waals surface area contributed by atoms with Gasteiger partial charge in [-0.25, -0.2) is 0 Å². The number of para-hydroxylation sites is 1. The Morgan fingerprint density at radius 3 is 2.49 bits per heavy atom. The van der Waals surface area contributed by atoms with Gasteiger partial charge in [0.15, 0.2) is 11.5 Å². The number of thioether (sulfide) groups is 1. The molecular weight excluding hydrogens is 569 g/mol. The van der Waals surface area contributed by atoms with Gasteiger partial charge in [0.1, 0.15) is 13.2 Å². The van der Waals surface area contributed by atoms with Crippen molar-refractivity contribution in [1.82, 2.24) is 4.90 Å². The van der Waals surface area contributed by atoms with Crippen LogP contribution in [0.1, 0.15) is 11.1 Å². The molecule has 1 aliphatic heterocycles. The third-order valence-electron chi connectivity index (χ3n) is 5.40. The maximum Gasteiger partial charge on any atom is 0.294 e. The predicted molar refractivity (Wildman–Crippen MR) is 148 cm³/mol. The van der Waals surface area contributed by atoms with Crippen LogP contribution in [-0.2, 0) is 16.2 Å². The molecule has 10 nitrogen and oxygen atoms in total. The molecule has 0 atom stereocenters. The molecule has 0 unspecified atom stereocenters. The van der Waals surface area contributed by atoms with E-state index in [9.17, 15) is 24.5 Å². The highest BCUT2D eigenvalue weighted by molar-refractivity contribution is 8.18. The predicted octanol–water partition coefficient (Wildman–Crippen LogP) is 6.16. The van der Waals surface area contributed by atoms with Crippen LogP contribution < -0.4 is 14.8 Å². The van der Waals surface area contributed by atoms with E-state index < -0.39 is 28.5 Å². The number of methoxy groups -OCH3 is 1. The first-order valence-corrected chi connectivity index (χ1v) is 12.8. The van der Waals surface area contributed by atoms with Gasteiger partial charge in [0.05, 0.1) is 32.7 Å². The zero-order valence-electron chi connectivity index (χ0n) is 20.2. The average molecular weight is 588 g/mol. The van der Waals surface area contributed by atoms with Gasteiger partial charge >= 0.3 is 0 Å². The van der Waals surface area contributed by atoms with Crippen molar-refractivity contribution >= 4 is 69.5 Å². The Morgan fingerprint density at radius 1 is 1.10 bits per heavy atom. The number of imide groups is 1. The van der Waals surface area contributed by atoms with Gasteiger partial charge in [-0.3, -0.25) is 29.4 Å². The van der Waals surface area contributed by atoms with Gasteiger partial charge in [-0.15, -0.1) is 0 Å². The topological polar surface area (TPSA) is 128 Å². The molecule has 0 spiro atoms. The Morgan fingerprint density at radius 2 is 1.82 bits per heavy atom. The van der Waals surface area contributed by atoms with Crippen molar-refractivity contribution in [3.8, 4) is 11.5 Å². The summed E-state index contributed by atoms with van der Waals surface area (Å²) in [5.74, 6) is -0.702. The van der Waals surface area contributed by atoms with E-state index >= 15 is 0 Å². The molecule has 4 rings (SSSR count). The van der Waals surface area contributed by atoms with Crippen LogP contribution in [0.4, 0.5) is 16.2 Å². The molecule has 0 aromatic heterocycles.